The molecule has 5 rings (SSSR count). The fourth-order valence-corrected chi connectivity index (χ4v) is 10.3. The van der Waals surface area contributed by atoms with Crippen LogP contribution in [0.4, 0.5) is 0 Å². The van der Waals surface area contributed by atoms with Crippen LogP contribution in [0.3, 0.4) is 0 Å². The molecule has 11 atom stereocenters. The molecule has 214 valence electrons. The van der Waals surface area contributed by atoms with E-state index in [1.807, 2.05) is 0 Å². The maximum Gasteiger partial charge on any atom is 0.334 e. The molecule has 1 heterocycles. The van der Waals surface area contributed by atoms with Gasteiger partial charge in [0, 0.05) is 12.5 Å². The summed E-state index contributed by atoms with van der Waals surface area (Å²) in [6, 6.07) is 0. The van der Waals surface area contributed by atoms with Gasteiger partial charge in [-0.05, 0) is 111 Å². The van der Waals surface area contributed by atoms with Gasteiger partial charge in [-0.3, -0.25) is 4.79 Å². The molecule has 0 aromatic carbocycles. The summed E-state index contributed by atoms with van der Waals surface area (Å²) in [6.45, 7) is 14.0. The van der Waals surface area contributed by atoms with E-state index in [0.717, 1.165) is 31.3 Å². The average Bonchev–Trinajstić information content (AvgIpc) is 3.02. The molecule has 5 fully saturated rings. The van der Waals surface area contributed by atoms with Gasteiger partial charge in [0.25, 0.3) is 0 Å². The Morgan fingerprint density at radius 2 is 1.66 bits per heavy atom. The van der Waals surface area contributed by atoms with Crippen molar-refractivity contribution in [2.24, 2.45) is 39.9 Å². The Bertz CT molecular complexity index is 1030. The van der Waals surface area contributed by atoms with E-state index in [2.05, 4.69) is 27.7 Å². The van der Waals surface area contributed by atoms with E-state index in [9.17, 15) is 24.9 Å². The first-order valence-corrected chi connectivity index (χ1v) is 14.7. The number of carbonyl (C=O) groups is 2. The first-order valence-electron chi connectivity index (χ1n) is 14.7. The van der Waals surface area contributed by atoms with Crippen LogP contribution >= 0.6 is 0 Å². The Hall–Kier alpha value is -1.44. The smallest absolute Gasteiger partial charge is 0.334 e. The van der Waals surface area contributed by atoms with Crippen LogP contribution in [0.2, 0.25) is 0 Å². The second kappa shape index (κ2) is 9.04. The van der Waals surface area contributed by atoms with Gasteiger partial charge >= 0.3 is 11.9 Å². The Kier molecular flexibility index (Phi) is 6.68. The van der Waals surface area contributed by atoms with E-state index in [0.29, 0.717) is 37.2 Å². The summed E-state index contributed by atoms with van der Waals surface area (Å²) in [5, 5.41) is 33.3. The summed E-state index contributed by atoms with van der Waals surface area (Å²) in [7, 11) is 0. The van der Waals surface area contributed by atoms with E-state index in [4.69, 9.17) is 9.47 Å². The first-order chi connectivity index (χ1) is 17.6. The largest absolute Gasteiger partial charge is 0.458 e. The molecule has 0 aromatic heterocycles. The predicted octanol–water partition coefficient (Wildman–Crippen LogP) is 4.31. The summed E-state index contributed by atoms with van der Waals surface area (Å²) in [6.07, 6.45) is 3.21. The molecule has 38 heavy (non-hydrogen) atoms. The second-order valence-electron chi connectivity index (χ2n) is 14.6. The molecule has 4 saturated carbocycles. The number of carbonyl (C=O) groups excluding carboxylic acids is 2. The van der Waals surface area contributed by atoms with Crippen molar-refractivity contribution in [3.63, 3.8) is 0 Å². The molecule has 1 aliphatic heterocycles. The maximum atomic E-state index is 13.5. The van der Waals surface area contributed by atoms with Gasteiger partial charge in [-0.25, -0.2) is 4.79 Å². The third-order valence-corrected chi connectivity index (χ3v) is 12.4. The van der Waals surface area contributed by atoms with Crippen LogP contribution in [0, 0.1) is 39.9 Å². The first kappa shape index (κ1) is 28.1. The Morgan fingerprint density at radius 3 is 2.32 bits per heavy atom. The van der Waals surface area contributed by atoms with E-state index < -0.39 is 29.9 Å². The minimum absolute atomic E-state index is 0.0501. The summed E-state index contributed by atoms with van der Waals surface area (Å²) in [5.74, 6) is -0.365. The molecule has 5 aliphatic rings. The quantitative estimate of drug-likeness (QED) is 0.341. The van der Waals surface area contributed by atoms with Crippen LogP contribution < -0.4 is 0 Å². The molecule has 0 bridgehead atoms. The van der Waals surface area contributed by atoms with Crippen molar-refractivity contribution < 1.29 is 34.4 Å². The van der Waals surface area contributed by atoms with Gasteiger partial charge in [-0.15, -0.1) is 0 Å². The lowest BCUT2D eigenvalue weighted by Crippen LogP contribution is -2.65. The van der Waals surface area contributed by atoms with Crippen molar-refractivity contribution in [2.75, 3.05) is 0 Å². The van der Waals surface area contributed by atoms with Crippen molar-refractivity contribution in [2.45, 2.75) is 130 Å². The molecular weight excluding hydrogens is 484 g/mol. The second-order valence-corrected chi connectivity index (χ2v) is 14.6. The van der Waals surface area contributed by atoms with Crippen LogP contribution in [0.5, 0.6) is 0 Å². The molecule has 0 aromatic rings. The van der Waals surface area contributed by atoms with Gasteiger partial charge in [0.2, 0.25) is 0 Å². The van der Waals surface area contributed by atoms with E-state index in [1.54, 1.807) is 13.8 Å². The standard InChI is InChI=1S/C31H48O7/c1-16-19-10-13-30(6)26(29(19,5)12-11-21(16)33)22(34)14-20-25(23(37-17(2)32)15-31(20,30)7)18-8-9-24(35)28(3,4)38-27(18)36/h16,19-24,26,33-35H,8-15H2,1-7H3/t16-,19-,20-,21+,22+,23-,24?,26-,29-,30-,31-/m0/s1. The molecular formula is C31H48O7. The molecule has 0 spiro atoms. The van der Waals surface area contributed by atoms with Crippen molar-refractivity contribution in [1.29, 1.82) is 0 Å². The topological polar surface area (TPSA) is 113 Å². The van der Waals surface area contributed by atoms with E-state index in [-0.39, 0.29) is 46.1 Å². The zero-order valence-corrected chi connectivity index (χ0v) is 24.3. The highest BCUT2D eigenvalue weighted by Gasteiger charge is 2.71. The Morgan fingerprint density at radius 1 is 0.974 bits per heavy atom. The lowest BCUT2D eigenvalue weighted by Gasteiger charge is -2.69. The summed E-state index contributed by atoms with van der Waals surface area (Å²) >= 11 is 0. The third-order valence-electron chi connectivity index (χ3n) is 12.4. The number of aliphatic hydroxyl groups is 3. The number of hydrogen-bond donors (Lipinski definition) is 3. The molecule has 3 N–H and O–H groups in total. The number of rotatable bonds is 1. The third kappa shape index (κ3) is 3.85. The highest BCUT2D eigenvalue weighted by Crippen LogP contribution is 2.74. The van der Waals surface area contributed by atoms with E-state index in [1.165, 1.54) is 6.92 Å². The average molecular weight is 533 g/mol. The van der Waals surface area contributed by atoms with Crippen LogP contribution in [0.15, 0.2) is 11.1 Å². The van der Waals surface area contributed by atoms with Gasteiger partial charge in [0.05, 0.1) is 18.3 Å². The van der Waals surface area contributed by atoms with Crippen LogP contribution in [0.25, 0.3) is 0 Å². The zero-order chi connectivity index (χ0) is 28.0. The lowest BCUT2D eigenvalue weighted by atomic mass is 9.36. The highest BCUT2D eigenvalue weighted by atomic mass is 16.6. The van der Waals surface area contributed by atoms with Gasteiger partial charge < -0.3 is 24.8 Å². The molecule has 1 unspecified atom stereocenters. The minimum Gasteiger partial charge on any atom is -0.458 e. The van der Waals surface area contributed by atoms with Gasteiger partial charge in [0.15, 0.2) is 0 Å². The van der Waals surface area contributed by atoms with Crippen molar-refractivity contribution >= 4 is 11.9 Å². The summed E-state index contributed by atoms with van der Waals surface area (Å²) < 4.78 is 11.7. The monoisotopic (exact) mass is 532 g/mol. The highest BCUT2D eigenvalue weighted by molar-refractivity contribution is 5.90. The maximum absolute atomic E-state index is 13.5. The minimum atomic E-state index is -1.00. The van der Waals surface area contributed by atoms with Gasteiger partial charge in [0.1, 0.15) is 11.7 Å². The van der Waals surface area contributed by atoms with E-state index >= 15 is 0 Å². The molecule has 0 amide bonds. The number of fused-ring (bicyclic) bond motifs is 5. The van der Waals surface area contributed by atoms with Crippen molar-refractivity contribution in [3.8, 4) is 0 Å². The predicted molar refractivity (Wildman–Crippen MR) is 142 cm³/mol. The van der Waals surface area contributed by atoms with Crippen LogP contribution in [-0.4, -0.2) is 57.3 Å². The molecule has 0 radical (unpaired) electrons. The Balaban J connectivity index is 1.61. The number of esters is 2. The number of hydrogen-bond acceptors (Lipinski definition) is 7. The SMILES string of the molecule is CC(=O)O[C@H]1C[C@@]2(C)[C@@H](C[C@@H](O)[C@H]3[C@@]4(C)CC[C@@H](O)[C@@H](C)[C@@H]4CC[C@@]32C)C1=C1CCC(O)C(C)(C)OC1=O. The number of cyclic esters (lactones) is 1. The normalized spacial score (nSPS) is 52.2. The lowest BCUT2D eigenvalue weighted by molar-refractivity contribution is -0.234. The summed E-state index contributed by atoms with van der Waals surface area (Å²) in [5.41, 5.74) is -0.323. The Labute approximate surface area is 227 Å². The number of aliphatic hydroxyl groups excluding tert-OH is 3. The van der Waals surface area contributed by atoms with Gasteiger partial charge in [-0.1, -0.05) is 27.7 Å². The molecule has 7 heteroatoms. The zero-order valence-electron chi connectivity index (χ0n) is 24.3. The fourth-order valence-electron chi connectivity index (χ4n) is 10.3. The molecule has 1 saturated heterocycles. The fraction of sp³-hybridized carbons (Fsp3) is 0.871. The molecule has 4 aliphatic carbocycles. The van der Waals surface area contributed by atoms with Crippen LogP contribution in [-0.2, 0) is 19.1 Å². The number of ether oxygens (including phenoxy) is 2. The summed E-state index contributed by atoms with van der Waals surface area (Å²) in [4.78, 5) is 25.8. The van der Waals surface area contributed by atoms with Crippen LogP contribution in [0.1, 0.15) is 99.8 Å². The molecule has 7 nitrogen and oxygen atoms in total. The van der Waals surface area contributed by atoms with Crippen molar-refractivity contribution in [3.05, 3.63) is 11.1 Å². The van der Waals surface area contributed by atoms with Crippen molar-refractivity contribution in [1.82, 2.24) is 0 Å². The van der Waals surface area contributed by atoms with Gasteiger partial charge in [-0.2, -0.15) is 0 Å².